The first-order valence-electron chi connectivity index (χ1n) is 10.2. The quantitative estimate of drug-likeness (QED) is 0.685. The topological polar surface area (TPSA) is 79.4 Å². The molecular weight excluding hydrogens is 398 g/mol. The van der Waals surface area contributed by atoms with Crippen molar-refractivity contribution < 1.29 is 23.9 Å². The number of amides is 2. The lowest BCUT2D eigenvalue weighted by atomic mass is 10.1. The molecule has 4 rings (SSSR count). The summed E-state index contributed by atoms with van der Waals surface area (Å²) >= 11 is 0. The number of methoxy groups -OCH3 is 1. The zero-order valence-corrected chi connectivity index (χ0v) is 17.7. The van der Waals surface area contributed by atoms with Crippen molar-refractivity contribution in [1.82, 2.24) is 4.90 Å². The summed E-state index contributed by atoms with van der Waals surface area (Å²) in [4.78, 5) is 42.6. The minimum absolute atomic E-state index is 0.0703. The van der Waals surface area contributed by atoms with E-state index in [1.807, 2.05) is 24.3 Å². The van der Waals surface area contributed by atoms with E-state index >= 15 is 0 Å². The largest absolute Gasteiger partial charge is 0.497 e. The highest BCUT2D eigenvalue weighted by molar-refractivity contribution is 6.04. The van der Waals surface area contributed by atoms with Gasteiger partial charge in [0, 0.05) is 37.4 Å². The SMILES string of the molecule is COc1ccc(N2CCN(C(=O)CN3C(=O)COc4ccc(C(C)=O)cc43)CC2)cc1. The van der Waals surface area contributed by atoms with Crippen LogP contribution in [0, 0.1) is 0 Å². The number of rotatable bonds is 5. The molecule has 1 saturated heterocycles. The molecule has 2 heterocycles. The summed E-state index contributed by atoms with van der Waals surface area (Å²) in [6.45, 7) is 3.84. The number of nitrogens with zero attached hydrogens (tertiary/aromatic N) is 3. The van der Waals surface area contributed by atoms with Crippen LogP contribution in [-0.2, 0) is 9.59 Å². The van der Waals surface area contributed by atoms with Crippen molar-refractivity contribution in [2.75, 3.05) is 56.2 Å². The highest BCUT2D eigenvalue weighted by Gasteiger charge is 2.30. The predicted octanol–water partition coefficient (Wildman–Crippen LogP) is 1.97. The van der Waals surface area contributed by atoms with Crippen molar-refractivity contribution in [3.63, 3.8) is 0 Å². The molecule has 0 unspecified atom stereocenters. The Labute approximate surface area is 180 Å². The number of carbonyl (C=O) groups is 3. The third-order valence-electron chi connectivity index (χ3n) is 5.67. The van der Waals surface area contributed by atoms with Gasteiger partial charge in [-0.25, -0.2) is 0 Å². The van der Waals surface area contributed by atoms with Crippen molar-refractivity contribution in [2.24, 2.45) is 0 Å². The second-order valence-corrected chi connectivity index (χ2v) is 7.57. The van der Waals surface area contributed by atoms with Crippen molar-refractivity contribution in [3.05, 3.63) is 48.0 Å². The molecule has 0 radical (unpaired) electrons. The van der Waals surface area contributed by atoms with Crippen molar-refractivity contribution >= 4 is 29.0 Å². The highest BCUT2D eigenvalue weighted by Crippen LogP contribution is 2.33. The molecule has 2 aromatic carbocycles. The number of Topliss-reactive ketones (excluding diaryl/α,β-unsaturated/α-hetero) is 1. The number of anilines is 2. The average Bonchev–Trinajstić information content (AvgIpc) is 2.80. The molecule has 0 aliphatic carbocycles. The lowest BCUT2D eigenvalue weighted by Crippen LogP contribution is -2.53. The highest BCUT2D eigenvalue weighted by atomic mass is 16.5. The zero-order chi connectivity index (χ0) is 22.0. The summed E-state index contributed by atoms with van der Waals surface area (Å²) in [5.74, 6) is 0.784. The van der Waals surface area contributed by atoms with Crippen LogP contribution in [0.3, 0.4) is 0 Å². The number of hydrogen-bond donors (Lipinski definition) is 0. The molecule has 2 aliphatic rings. The molecule has 0 saturated carbocycles. The Bertz CT molecular complexity index is 997. The minimum Gasteiger partial charge on any atom is -0.497 e. The average molecular weight is 423 g/mol. The van der Waals surface area contributed by atoms with Gasteiger partial charge in [0.15, 0.2) is 12.4 Å². The first-order chi connectivity index (χ1) is 15.0. The van der Waals surface area contributed by atoms with Gasteiger partial charge in [-0.05, 0) is 49.4 Å². The van der Waals surface area contributed by atoms with Crippen molar-refractivity contribution in [2.45, 2.75) is 6.92 Å². The molecule has 2 aliphatic heterocycles. The number of ketones is 1. The van der Waals surface area contributed by atoms with Crippen LogP contribution in [0.1, 0.15) is 17.3 Å². The van der Waals surface area contributed by atoms with Crippen LogP contribution in [-0.4, -0.2) is 68.9 Å². The Morgan fingerprint density at radius 3 is 2.39 bits per heavy atom. The fraction of sp³-hybridized carbons (Fsp3) is 0.348. The van der Waals surface area contributed by atoms with Gasteiger partial charge in [0.05, 0.1) is 12.8 Å². The summed E-state index contributed by atoms with van der Waals surface area (Å²) in [7, 11) is 1.64. The lowest BCUT2D eigenvalue weighted by Gasteiger charge is -2.37. The Morgan fingerprint density at radius 1 is 1.03 bits per heavy atom. The van der Waals surface area contributed by atoms with Gasteiger partial charge >= 0.3 is 0 Å². The van der Waals surface area contributed by atoms with Gasteiger partial charge in [0.2, 0.25) is 5.91 Å². The number of carbonyl (C=O) groups excluding carboxylic acids is 3. The number of fused-ring (bicyclic) bond motifs is 1. The first kappa shape index (κ1) is 20.7. The summed E-state index contributed by atoms with van der Waals surface area (Å²) in [6.07, 6.45) is 0. The zero-order valence-electron chi connectivity index (χ0n) is 17.7. The molecule has 0 aromatic heterocycles. The van der Waals surface area contributed by atoms with Gasteiger partial charge in [-0.3, -0.25) is 19.3 Å². The molecule has 8 heteroatoms. The maximum absolute atomic E-state index is 13.0. The molecular formula is C23H25N3O5. The smallest absolute Gasteiger partial charge is 0.265 e. The molecule has 8 nitrogen and oxygen atoms in total. The third-order valence-corrected chi connectivity index (χ3v) is 5.67. The lowest BCUT2D eigenvalue weighted by molar-refractivity contribution is -0.132. The minimum atomic E-state index is -0.293. The van der Waals surface area contributed by atoms with Crippen molar-refractivity contribution in [3.8, 4) is 11.5 Å². The van der Waals surface area contributed by atoms with Gasteiger partial charge in [0.25, 0.3) is 5.91 Å². The Morgan fingerprint density at radius 2 is 1.74 bits per heavy atom. The summed E-state index contributed by atoms with van der Waals surface area (Å²) < 4.78 is 10.7. The number of benzene rings is 2. The number of piperazine rings is 1. The van der Waals surface area contributed by atoms with Gasteiger partial charge in [-0.1, -0.05) is 0 Å². The van der Waals surface area contributed by atoms with Gasteiger partial charge in [-0.15, -0.1) is 0 Å². The van der Waals surface area contributed by atoms with E-state index in [1.165, 1.54) is 11.8 Å². The van der Waals surface area contributed by atoms with E-state index in [0.717, 1.165) is 11.4 Å². The third kappa shape index (κ3) is 4.33. The van der Waals surface area contributed by atoms with Crippen LogP contribution in [0.4, 0.5) is 11.4 Å². The van der Waals surface area contributed by atoms with Gasteiger partial charge in [0.1, 0.15) is 18.0 Å². The second kappa shape index (κ2) is 8.67. The molecule has 31 heavy (non-hydrogen) atoms. The Hall–Kier alpha value is -3.55. The summed E-state index contributed by atoms with van der Waals surface area (Å²) in [5.41, 5.74) is 2.03. The van der Waals surface area contributed by atoms with E-state index in [-0.39, 0.29) is 30.7 Å². The fourth-order valence-electron chi connectivity index (χ4n) is 3.84. The van der Waals surface area contributed by atoms with E-state index in [9.17, 15) is 14.4 Å². The van der Waals surface area contributed by atoms with Crippen LogP contribution in [0.5, 0.6) is 11.5 Å². The van der Waals surface area contributed by atoms with Gasteiger partial charge in [-0.2, -0.15) is 0 Å². The van der Waals surface area contributed by atoms with Crippen molar-refractivity contribution in [1.29, 1.82) is 0 Å². The van der Waals surface area contributed by atoms with Crippen LogP contribution < -0.4 is 19.3 Å². The standard InChI is InChI=1S/C23H25N3O5/c1-16(27)17-3-8-21-20(13-17)26(23(29)15-31-21)14-22(28)25-11-9-24(10-12-25)18-4-6-19(30-2)7-5-18/h3-8,13H,9-12,14-15H2,1-2H3. The molecule has 0 spiro atoms. The maximum atomic E-state index is 13.0. The molecule has 0 atom stereocenters. The van der Waals surface area contributed by atoms with Crippen LogP contribution in [0.2, 0.25) is 0 Å². The maximum Gasteiger partial charge on any atom is 0.265 e. The van der Waals surface area contributed by atoms with Crippen LogP contribution in [0.25, 0.3) is 0 Å². The van der Waals surface area contributed by atoms with E-state index in [1.54, 1.807) is 30.2 Å². The summed E-state index contributed by atoms with van der Waals surface area (Å²) in [5, 5.41) is 0. The molecule has 2 amide bonds. The normalized spacial score (nSPS) is 15.9. The number of ether oxygens (including phenoxy) is 2. The van der Waals surface area contributed by atoms with Crippen LogP contribution in [0.15, 0.2) is 42.5 Å². The predicted molar refractivity (Wildman–Crippen MR) is 116 cm³/mol. The van der Waals surface area contributed by atoms with Crippen LogP contribution >= 0.6 is 0 Å². The molecule has 162 valence electrons. The van der Waals surface area contributed by atoms with Gasteiger partial charge < -0.3 is 19.3 Å². The monoisotopic (exact) mass is 423 g/mol. The Balaban J connectivity index is 1.41. The van der Waals surface area contributed by atoms with E-state index in [2.05, 4.69) is 4.90 Å². The van der Waals surface area contributed by atoms with E-state index in [0.29, 0.717) is 43.2 Å². The molecule has 1 fully saturated rings. The molecule has 0 N–H and O–H groups in total. The summed E-state index contributed by atoms with van der Waals surface area (Å²) in [6, 6.07) is 12.8. The second-order valence-electron chi connectivity index (χ2n) is 7.57. The fourth-order valence-corrected chi connectivity index (χ4v) is 3.84. The Kier molecular flexibility index (Phi) is 5.79. The molecule has 2 aromatic rings. The van der Waals surface area contributed by atoms with E-state index < -0.39 is 0 Å². The van der Waals surface area contributed by atoms with E-state index in [4.69, 9.17) is 9.47 Å². The number of hydrogen-bond acceptors (Lipinski definition) is 6. The first-order valence-corrected chi connectivity index (χ1v) is 10.2. The molecule has 0 bridgehead atoms.